The number of aliphatic hydroxyl groups is 1. The van der Waals surface area contributed by atoms with Gasteiger partial charge >= 0.3 is 0 Å². The quantitative estimate of drug-likeness (QED) is 0.807. The largest absolute Gasteiger partial charge is 0.375 e. The van der Waals surface area contributed by atoms with E-state index < -0.39 is 23.0 Å². The van der Waals surface area contributed by atoms with Gasteiger partial charge in [0, 0.05) is 17.7 Å². The number of ether oxygens (including phenoxy) is 1. The van der Waals surface area contributed by atoms with Gasteiger partial charge in [-0.1, -0.05) is 18.2 Å². The SMILES string of the molecule is CC1(C)CC(=O)[C@@H]([C@@]2(O)C(=O)Nc3ccccc32)CO1. The fourth-order valence-corrected chi connectivity index (χ4v) is 2.96. The molecule has 2 aliphatic rings. The Morgan fingerprint density at radius 2 is 2.00 bits per heavy atom. The highest BCUT2D eigenvalue weighted by Crippen LogP contribution is 2.44. The first kappa shape index (κ1) is 13.3. The van der Waals surface area contributed by atoms with Crippen molar-refractivity contribution in [1.82, 2.24) is 0 Å². The maximum atomic E-state index is 12.3. The third-order valence-corrected chi connectivity index (χ3v) is 4.07. The monoisotopic (exact) mass is 275 g/mol. The van der Waals surface area contributed by atoms with Crippen LogP contribution in [0.4, 0.5) is 5.69 Å². The Hall–Kier alpha value is -1.72. The summed E-state index contributed by atoms with van der Waals surface area (Å²) in [7, 11) is 0. The first-order chi connectivity index (χ1) is 9.34. The summed E-state index contributed by atoms with van der Waals surface area (Å²) in [5, 5.41) is 13.5. The van der Waals surface area contributed by atoms with E-state index in [4.69, 9.17) is 4.74 Å². The number of anilines is 1. The Balaban J connectivity index is 2.01. The molecule has 2 heterocycles. The normalized spacial score (nSPS) is 31.9. The van der Waals surface area contributed by atoms with Gasteiger partial charge in [0.2, 0.25) is 0 Å². The molecule has 106 valence electrons. The average molecular weight is 275 g/mol. The molecule has 5 nitrogen and oxygen atoms in total. The summed E-state index contributed by atoms with van der Waals surface area (Å²) in [6.45, 7) is 3.70. The van der Waals surface area contributed by atoms with Crippen LogP contribution < -0.4 is 5.32 Å². The number of nitrogens with one attached hydrogen (secondary N) is 1. The highest BCUT2D eigenvalue weighted by Gasteiger charge is 2.55. The van der Waals surface area contributed by atoms with Crippen LogP contribution in [0.1, 0.15) is 25.8 Å². The van der Waals surface area contributed by atoms with Crippen molar-refractivity contribution >= 4 is 17.4 Å². The third kappa shape index (κ3) is 1.77. The number of rotatable bonds is 1. The molecule has 5 heteroatoms. The molecule has 0 spiro atoms. The Bertz CT molecular complexity index is 595. The molecule has 2 atom stereocenters. The number of benzene rings is 1. The number of hydrogen-bond acceptors (Lipinski definition) is 4. The summed E-state index contributed by atoms with van der Waals surface area (Å²) >= 11 is 0. The minimum atomic E-state index is -1.83. The molecule has 2 aliphatic heterocycles. The topological polar surface area (TPSA) is 75.6 Å². The van der Waals surface area contributed by atoms with E-state index in [-0.39, 0.29) is 18.8 Å². The Morgan fingerprint density at radius 3 is 2.70 bits per heavy atom. The van der Waals surface area contributed by atoms with Crippen molar-refractivity contribution in [1.29, 1.82) is 0 Å². The third-order valence-electron chi connectivity index (χ3n) is 4.07. The molecule has 1 aromatic rings. The number of hydrogen-bond donors (Lipinski definition) is 2. The molecule has 1 saturated heterocycles. The van der Waals surface area contributed by atoms with Crippen LogP contribution in [-0.2, 0) is 19.9 Å². The van der Waals surface area contributed by atoms with Gasteiger partial charge < -0.3 is 15.2 Å². The van der Waals surface area contributed by atoms with Crippen molar-refractivity contribution in [3.63, 3.8) is 0 Å². The Labute approximate surface area is 116 Å². The summed E-state index contributed by atoms with van der Waals surface area (Å²) in [5.41, 5.74) is -1.37. The minimum absolute atomic E-state index is 0.0457. The highest BCUT2D eigenvalue weighted by atomic mass is 16.5. The molecule has 0 radical (unpaired) electrons. The van der Waals surface area contributed by atoms with Crippen molar-refractivity contribution in [3.8, 4) is 0 Å². The van der Waals surface area contributed by atoms with E-state index in [0.717, 1.165) is 0 Å². The zero-order valence-electron chi connectivity index (χ0n) is 11.5. The number of carbonyl (C=O) groups is 2. The summed E-state index contributed by atoms with van der Waals surface area (Å²) in [6, 6.07) is 6.89. The van der Waals surface area contributed by atoms with Crippen molar-refractivity contribution in [3.05, 3.63) is 29.8 Å². The number of amides is 1. The predicted octanol–water partition coefficient (Wildman–Crippen LogP) is 1.21. The van der Waals surface area contributed by atoms with E-state index in [1.807, 2.05) is 13.8 Å². The molecule has 0 aliphatic carbocycles. The van der Waals surface area contributed by atoms with Crippen LogP contribution in [0.2, 0.25) is 0 Å². The molecule has 1 aromatic carbocycles. The second-order valence-corrected chi connectivity index (χ2v) is 6.03. The van der Waals surface area contributed by atoms with E-state index in [1.54, 1.807) is 24.3 Å². The standard InChI is InChI=1S/C15H17NO4/c1-14(2)7-12(17)10(8-20-14)15(19)9-5-3-4-6-11(9)16-13(15)18/h3-6,10,19H,7-8H2,1-2H3,(H,16,18)/t10-,15+/m0/s1. The van der Waals surface area contributed by atoms with Gasteiger partial charge in [0.15, 0.2) is 5.60 Å². The molecule has 0 bridgehead atoms. The van der Waals surface area contributed by atoms with Crippen molar-refractivity contribution in [2.24, 2.45) is 5.92 Å². The van der Waals surface area contributed by atoms with Crippen molar-refractivity contribution in [2.45, 2.75) is 31.5 Å². The molecular formula is C15H17NO4. The molecule has 0 unspecified atom stereocenters. The zero-order chi connectivity index (χ0) is 14.5. The Kier molecular flexibility index (Phi) is 2.74. The number of fused-ring (bicyclic) bond motifs is 1. The molecule has 1 amide bonds. The van der Waals surface area contributed by atoms with E-state index >= 15 is 0 Å². The van der Waals surface area contributed by atoms with Crippen LogP contribution in [-0.4, -0.2) is 29.0 Å². The summed E-state index contributed by atoms with van der Waals surface area (Å²) < 4.78 is 5.63. The molecule has 3 rings (SSSR count). The Morgan fingerprint density at radius 1 is 1.30 bits per heavy atom. The van der Waals surface area contributed by atoms with Crippen molar-refractivity contribution in [2.75, 3.05) is 11.9 Å². The van der Waals surface area contributed by atoms with Crippen LogP contribution in [0.15, 0.2) is 24.3 Å². The van der Waals surface area contributed by atoms with Gasteiger partial charge in [0.1, 0.15) is 5.78 Å². The van der Waals surface area contributed by atoms with Gasteiger partial charge in [-0.25, -0.2) is 0 Å². The number of para-hydroxylation sites is 1. The minimum Gasteiger partial charge on any atom is -0.375 e. The molecule has 1 fully saturated rings. The maximum absolute atomic E-state index is 12.3. The zero-order valence-corrected chi connectivity index (χ0v) is 11.5. The molecule has 0 aromatic heterocycles. The molecule has 2 N–H and O–H groups in total. The molecular weight excluding hydrogens is 258 g/mol. The second kappa shape index (κ2) is 4.14. The summed E-state index contributed by atoms with van der Waals surface area (Å²) in [6.07, 6.45) is 0.190. The fraction of sp³-hybridized carbons (Fsp3) is 0.467. The van der Waals surface area contributed by atoms with Gasteiger partial charge in [-0.05, 0) is 19.9 Å². The lowest BCUT2D eigenvalue weighted by atomic mass is 9.76. The van der Waals surface area contributed by atoms with Gasteiger partial charge in [0.25, 0.3) is 5.91 Å². The highest BCUT2D eigenvalue weighted by molar-refractivity contribution is 6.08. The van der Waals surface area contributed by atoms with Gasteiger partial charge in [0.05, 0.1) is 18.1 Å². The van der Waals surface area contributed by atoms with Crippen molar-refractivity contribution < 1.29 is 19.4 Å². The lowest BCUT2D eigenvalue weighted by Gasteiger charge is -2.38. The first-order valence-electron chi connectivity index (χ1n) is 6.64. The van der Waals surface area contributed by atoms with Gasteiger partial charge in [-0.15, -0.1) is 0 Å². The number of ketones is 1. The van der Waals surface area contributed by atoms with E-state index in [9.17, 15) is 14.7 Å². The number of carbonyl (C=O) groups excluding carboxylic acids is 2. The summed E-state index contributed by atoms with van der Waals surface area (Å²) in [4.78, 5) is 24.5. The fourth-order valence-electron chi connectivity index (χ4n) is 2.96. The average Bonchev–Trinajstić information content (AvgIpc) is 2.61. The number of Topliss-reactive ketones (excluding diaryl/α,β-unsaturated/α-hetero) is 1. The second-order valence-electron chi connectivity index (χ2n) is 6.03. The van der Waals surface area contributed by atoms with Crippen LogP contribution in [0, 0.1) is 5.92 Å². The molecule has 20 heavy (non-hydrogen) atoms. The maximum Gasteiger partial charge on any atom is 0.261 e. The smallest absolute Gasteiger partial charge is 0.261 e. The molecule has 0 saturated carbocycles. The van der Waals surface area contributed by atoms with Crippen LogP contribution >= 0.6 is 0 Å². The van der Waals surface area contributed by atoms with Gasteiger partial charge in [-0.2, -0.15) is 0 Å². The lowest BCUT2D eigenvalue weighted by molar-refractivity contribution is -0.171. The lowest BCUT2D eigenvalue weighted by Crippen LogP contribution is -2.52. The van der Waals surface area contributed by atoms with E-state index in [2.05, 4.69) is 5.32 Å². The van der Waals surface area contributed by atoms with Crippen LogP contribution in [0.25, 0.3) is 0 Å². The summed E-state index contributed by atoms with van der Waals surface area (Å²) in [5.74, 6) is -1.56. The first-order valence-corrected chi connectivity index (χ1v) is 6.64. The van der Waals surface area contributed by atoms with Gasteiger partial charge in [-0.3, -0.25) is 9.59 Å². The van der Waals surface area contributed by atoms with Crippen LogP contribution in [0.3, 0.4) is 0 Å². The van der Waals surface area contributed by atoms with E-state index in [0.29, 0.717) is 11.3 Å². The van der Waals surface area contributed by atoms with Crippen LogP contribution in [0.5, 0.6) is 0 Å². The van der Waals surface area contributed by atoms with E-state index in [1.165, 1.54) is 0 Å². The predicted molar refractivity (Wildman–Crippen MR) is 72.1 cm³/mol.